The predicted molar refractivity (Wildman–Crippen MR) is 125 cm³/mol. The number of halogens is 2. The van der Waals surface area contributed by atoms with Crippen LogP contribution in [0.4, 0.5) is 8.78 Å². The molecular weight excluding hydrogens is 458 g/mol. The van der Waals surface area contributed by atoms with Gasteiger partial charge in [0, 0.05) is 22.8 Å². The van der Waals surface area contributed by atoms with Crippen LogP contribution >= 0.6 is 0 Å². The molecule has 180 valence electrons. The molecule has 0 radical (unpaired) electrons. The van der Waals surface area contributed by atoms with Gasteiger partial charge in [0.1, 0.15) is 17.2 Å². The van der Waals surface area contributed by atoms with Crippen LogP contribution in [0.25, 0.3) is 22.5 Å². The maximum Gasteiger partial charge on any atom is 0.341 e. The molecule has 0 fully saturated rings. The molecule has 1 heterocycles. The number of ether oxygens (including phenoxy) is 3. The molecule has 1 aromatic heterocycles. The van der Waals surface area contributed by atoms with E-state index in [0.29, 0.717) is 23.7 Å². The van der Waals surface area contributed by atoms with Crippen molar-refractivity contribution in [3.8, 4) is 39.8 Å². The van der Waals surface area contributed by atoms with Crippen LogP contribution in [0.1, 0.15) is 5.56 Å². The monoisotopic (exact) mass is 480 g/mol. The Hall–Kier alpha value is -4.40. The third kappa shape index (κ3) is 5.08. The van der Waals surface area contributed by atoms with Crippen molar-refractivity contribution in [1.82, 2.24) is 9.78 Å². The van der Waals surface area contributed by atoms with E-state index in [2.05, 4.69) is 5.10 Å². The lowest BCUT2D eigenvalue weighted by Gasteiger charge is -2.13. The molecule has 0 spiro atoms. The van der Waals surface area contributed by atoms with Gasteiger partial charge in [0.2, 0.25) is 0 Å². The highest BCUT2D eigenvalue weighted by molar-refractivity contribution is 5.76. The van der Waals surface area contributed by atoms with E-state index in [0.717, 1.165) is 23.3 Å². The van der Waals surface area contributed by atoms with E-state index in [1.807, 2.05) is 42.5 Å². The molecule has 0 aliphatic carbocycles. The standard InChI is InChI=1S/C26H22F2N2O5/c1-33-23-9-5-3-7-16(23)14-30-22(17-8-4-6-10-24(17)34-2)13-21(29-30)18-11-19(27)20(28)12-25(18)35-15-26(31)32/h3-13H,14-15H2,1-2H3,(H,31,32). The van der Waals surface area contributed by atoms with Crippen molar-refractivity contribution < 1.29 is 32.9 Å². The lowest BCUT2D eigenvalue weighted by molar-refractivity contribution is -0.139. The number of benzene rings is 3. The van der Waals surface area contributed by atoms with Crippen LogP contribution in [-0.2, 0) is 11.3 Å². The highest BCUT2D eigenvalue weighted by Gasteiger charge is 2.21. The average Bonchev–Trinajstić information content (AvgIpc) is 3.28. The first-order valence-corrected chi connectivity index (χ1v) is 10.6. The van der Waals surface area contributed by atoms with Crippen LogP contribution < -0.4 is 14.2 Å². The molecule has 0 saturated carbocycles. The molecule has 0 saturated heterocycles. The Kier molecular flexibility index (Phi) is 6.96. The summed E-state index contributed by atoms with van der Waals surface area (Å²) in [5.74, 6) is -2.41. The van der Waals surface area contributed by atoms with Gasteiger partial charge in [-0.25, -0.2) is 13.6 Å². The molecule has 4 aromatic rings. The number of nitrogens with zero attached hydrogens (tertiary/aromatic N) is 2. The summed E-state index contributed by atoms with van der Waals surface area (Å²) in [6.45, 7) is -0.425. The minimum atomic E-state index is -1.25. The largest absolute Gasteiger partial charge is 0.496 e. The molecule has 9 heteroatoms. The first-order valence-electron chi connectivity index (χ1n) is 10.6. The van der Waals surface area contributed by atoms with Crippen molar-refractivity contribution in [3.63, 3.8) is 0 Å². The second-order valence-corrected chi connectivity index (χ2v) is 7.53. The van der Waals surface area contributed by atoms with Gasteiger partial charge in [-0.05, 0) is 30.3 Å². The second kappa shape index (κ2) is 10.3. The maximum atomic E-state index is 14.2. The average molecular weight is 480 g/mol. The van der Waals surface area contributed by atoms with Crippen molar-refractivity contribution in [3.05, 3.63) is 83.9 Å². The van der Waals surface area contributed by atoms with Gasteiger partial charge in [0.25, 0.3) is 0 Å². The van der Waals surface area contributed by atoms with E-state index in [1.54, 1.807) is 31.0 Å². The molecule has 0 amide bonds. The number of carbonyl (C=O) groups is 1. The smallest absolute Gasteiger partial charge is 0.341 e. The molecule has 7 nitrogen and oxygen atoms in total. The van der Waals surface area contributed by atoms with Crippen molar-refractivity contribution in [2.75, 3.05) is 20.8 Å². The zero-order valence-electron chi connectivity index (χ0n) is 19.0. The summed E-state index contributed by atoms with van der Waals surface area (Å²) < 4.78 is 46.1. The number of para-hydroxylation sites is 2. The van der Waals surface area contributed by atoms with E-state index in [1.165, 1.54) is 0 Å². The molecule has 0 aliphatic heterocycles. The number of carboxylic acids is 1. The molecule has 0 bridgehead atoms. The van der Waals surface area contributed by atoms with Crippen molar-refractivity contribution in [2.45, 2.75) is 6.54 Å². The maximum absolute atomic E-state index is 14.2. The van der Waals surface area contributed by atoms with E-state index >= 15 is 0 Å². The first kappa shape index (κ1) is 23.7. The number of hydrogen-bond donors (Lipinski definition) is 1. The molecule has 35 heavy (non-hydrogen) atoms. The fourth-order valence-corrected chi connectivity index (χ4v) is 3.72. The number of rotatable bonds is 9. The molecule has 0 unspecified atom stereocenters. The zero-order valence-corrected chi connectivity index (χ0v) is 19.0. The quantitative estimate of drug-likeness (QED) is 0.362. The van der Waals surface area contributed by atoms with Gasteiger partial charge in [-0.3, -0.25) is 4.68 Å². The third-order valence-corrected chi connectivity index (χ3v) is 5.33. The summed E-state index contributed by atoms with van der Waals surface area (Å²) in [5, 5.41) is 13.6. The molecule has 1 N–H and O–H groups in total. The van der Waals surface area contributed by atoms with Crippen LogP contribution in [0.5, 0.6) is 17.2 Å². The van der Waals surface area contributed by atoms with Gasteiger partial charge in [0.15, 0.2) is 18.2 Å². The number of methoxy groups -OCH3 is 2. The molecule has 4 rings (SSSR count). The van der Waals surface area contributed by atoms with Crippen molar-refractivity contribution in [2.24, 2.45) is 0 Å². The zero-order chi connectivity index (χ0) is 24.9. The van der Waals surface area contributed by atoms with Gasteiger partial charge in [-0.1, -0.05) is 30.3 Å². The minimum Gasteiger partial charge on any atom is -0.496 e. The van der Waals surface area contributed by atoms with Gasteiger partial charge in [0.05, 0.1) is 32.2 Å². The first-order chi connectivity index (χ1) is 16.9. The van der Waals surface area contributed by atoms with Gasteiger partial charge in [-0.15, -0.1) is 0 Å². The third-order valence-electron chi connectivity index (χ3n) is 5.33. The number of hydrogen-bond acceptors (Lipinski definition) is 5. The Morgan fingerprint density at radius 3 is 2.26 bits per heavy atom. The topological polar surface area (TPSA) is 82.8 Å². The van der Waals surface area contributed by atoms with Crippen LogP contribution in [0.15, 0.2) is 66.7 Å². The van der Waals surface area contributed by atoms with Crippen molar-refractivity contribution in [1.29, 1.82) is 0 Å². The van der Waals surface area contributed by atoms with Gasteiger partial charge >= 0.3 is 5.97 Å². The summed E-state index contributed by atoms with van der Waals surface area (Å²) in [4.78, 5) is 11.0. The van der Waals surface area contributed by atoms with E-state index < -0.39 is 24.2 Å². The fraction of sp³-hybridized carbons (Fsp3) is 0.154. The van der Waals surface area contributed by atoms with Gasteiger partial charge < -0.3 is 19.3 Å². The summed E-state index contributed by atoms with van der Waals surface area (Å²) in [5.41, 5.74) is 2.57. The highest BCUT2D eigenvalue weighted by Crippen LogP contribution is 2.37. The molecule has 0 atom stereocenters. The number of carboxylic acid groups (broad SMARTS) is 1. The number of aromatic nitrogens is 2. The number of aliphatic carboxylic acids is 1. The normalized spacial score (nSPS) is 10.7. The highest BCUT2D eigenvalue weighted by atomic mass is 19.2. The second-order valence-electron chi connectivity index (χ2n) is 7.53. The molecule has 3 aromatic carbocycles. The van der Waals surface area contributed by atoms with E-state index in [4.69, 9.17) is 19.3 Å². The summed E-state index contributed by atoms with van der Waals surface area (Å²) in [6, 6.07) is 18.2. The Bertz CT molecular complexity index is 1370. The minimum absolute atomic E-state index is 0.111. The van der Waals surface area contributed by atoms with Gasteiger partial charge in [-0.2, -0.15) is 5.10 Å². The Balaban J connectivity index is 1.89. The predicted octanol–water partition coefficient (Wildman–Crippen LogP) is 5.02. The lowest BCUT2D eigenvalue weighted by atomic mass is 10.1. The van der Waals surface area contributed by atoms with Crippen molar-refractivity contribution >= 4 is 5.97 Å². The molecular formula is C26H22F2N2O5. The summed E-state index contributed by atoms with van der Waals surface area (Å²) >= 11 is 0. The SMILES string of the molecule is COc1ccccc1Cn1nc(-c2cc(F)c(F)cc2OCC(=O)O)cc1-c1ccccc1OC. The lowest BCUT2D eigenvalue weighted by Crippen LogP contribution is -2.10. The fourth-order valence-electron chi connectivity index (χ4n) is 3.72. The Morgan fingerprint density at radius 2 is 1.54 bits per heavy atom. The van der Waals surface area contributed by atoms with E-state index in [9.17, 15) is 13.6 Å². The van der Waals surface area contributed by atoms with Crippen LogP contribution in [0, 0.1) is 11.6 Å². The Morgan fingerprint density at radius 1 is 0.886 bits per heavy atom. The molecule has 0 aliphatic rings. The summed E-state index contributed by atoms with van der Waals surface area (Å²) in [6.07, 6.45) is 0. The van der Waals surface area contributed by atoms with E-state index in [-0.39, 0.29) is 17.0 Å². The summed E-state index contributed by atoms with van der Waals surface area (Å²) in [7, 11) is 3.12. The van der Waals surface area contributed by atoms with Crippen LogP contribution in [-0.4, -0.2) is 41.7 Å². The Labute approximate surface area is 200 Å². The van der Waals surface area contributed by atoms with Crippen LogP contribution in [0.3, 0.4) is 0 Å². The van der Waals surface area contributed by atoms with Crippen LogP contribution in [0.2, 0.25) is 0 Å².